The molecular weight excluding hydrogens is 375 g/mol. The Morgan fingerprint density at radius 1 is 0.862 bits per heavy atom. The van der Waals surface area contributed by atoms with E-state index in [-0.39, 0.29) is 24.9 Å². The first-order valence-electron chi connectivity index (χ1n) is 9.15. The number of amides is 4. The third-order valence-electron chi connectivity index (χ3n) is 3.86. The van der Waals surface area contributed by atoms with E-state index in [1.54, 1.807) is 30.3 Å². The summed E-state index contributed by atoms with van der Waals surface area (Å²) in [6.45, 7) is 5.87. The van der Waals surface area contributed by atoms with E-state index in [2.05, 4.69) is 21.3 Å². The van der Waals surface area contributed by atoms with Gasteiger partial charge in [-0.25, -0.2) is 9.18 Å². The number of urea groups is 1. The van der Waals surface area contributed by atoms with Crippen LogP contribution in [0.4, 0.5) is 20.6 Å². The third kappa shape index (κ3) is 7.25. The smallest absolute Gasteiger partial charge is 0.319 e. The Kier molecular flexibility index (Phi) is 7.30. The zero-order valence-corrected chi connectivity index (χ0v) is 16.6. The number of benzene rings is 2. The highest BCUT2D eigenvalue weighted by Crippen LogP contribution is 2.17. The van der Waals surface area contributed by atoms with Gasteiger partial charge in [-0.2, -0.15) is 0 Å². The van der Waals surface area contributed by atoms with Gasteiger partial charge in [0, 0.05) is 35.4 Å². The van der Waals surface area contributed by atoms with Gasteiger partial charge in [0.15, 0.2) is 0 Å². The number of halogens is 1. The molecule has 0 aromatic heterocycles. The van der Waals surface area contributed by atoms with Crippen LogP contribution in [0.1, 0.15) is 31.1 Å². The topological polar surface area (TPSA) is 99.3 Å². The molecule has 0 fully saturated rings. The van der Waals surface area contributed by atoms with Gasteiger partial charge in [-0.1, -0.05) is 26.8 Å². The molecule has 0 radical (unpaired) electrons. The largest absolute Gasteiger partial charge is 0.350 e. The number of carbonyl (C=O) groups is 3. The second kappa shape index (κ2) is 9.68. The van der Waals surface area contributed by atoms with Crippen molar-refractivity contribution in [1.29, 1.82) is 0 Å². The Hall–Kier alpha value is -3.42. The number of nitrogens with one attached hydrogen (secondary N) is 4. The summed E-state index contributed by atoms with van der Waals surface area (Å²) >= 11 is 0. The summed E-state index contributed by atoms with van der Waals surface area (Å²) < 4.78 is 13.1. The van der Waals surface area contributed by atoms with Crippen molar-refractivity contribution < 1.29 is 18.8 Å². The molecule has 2 aromatic carbocycles. The summed E-state index contributed by atoms with van der Waals surface area (Å²) in [5, 5.41) is 10.5. The maximum absolute atomic E-state index is 13.1. The van der Waals surface area contributed by atoms with E-state index in [0.717, 1.165) is 0 Å². The molecule has 0 heterocycles. The van der Waals surface area contributed by atoms with E-state index in [0.29, 0.717) is 16.9 Å². The maximum atomic E-state index is 13.1. The van der Waals surface area contributed by atoms with Gasteiger partial charge in [-0.05, 0) is 42.5 Å². The van der Waals surface area contributed by atoms with Crippen molar-refractivity contribution >= 4 is 29.2 Å². The van der Waals surface area contributed by atoms with Gasteiger partial charge in [-0.3, -0.25) is 9.59 Å². The molecule has 0 spiro atoms. The van der Waals surface area contributed by atoms with Crippen molar-refractivity contribution in [2.75, 3.05) is 23.7 Å². The van der Waals surface area contributed by atoms with Crippen LogP contribution in [0.3, 0.4) is 0 Å². The highest BCUT2D eigenvalue weighted by atomic mass is 19.1. The minimum Gasteiger partial charge on any atom is -0.350 e. The minimum absolute atomic E-state index is 0.114. The first-order chi connectivity index (χ1) is 13.6. The van der Waals surface area contributed by atoms with E-state index in [1.807, 2.05) is 20.8 Å². The summed E-state index contributed by atoms with van der Waals surface area (Å²) in [6, 6.07) is 11.6. The van der Waals surface area contributed by atoms with Gasteiger partial charge in [0.2, 0.25) is 5.91 Å². The fraction of sp³-hybridized carbons (Fsp3) is 0.286. The molecule has 0 aliphatic heterocycles. The summed E-state index contributed by atoms with van der Waals surface area (Å²) in [5.41, 5.74) is 0.870. The second-order valence-electron chi connectivity index (χ2n) is 7.43. The van der Waals surface area contributed by atoms with Gasteiger partial charge < -0.3 is 21.3 Å². The van der Waals surface area contributed by atoms with Gasteiger partial charge >= 0.3 is 6.03 Å². The van der Waals surface area contributed by atoms with Crippen molar-refractivity contribution in [3.8, 4) is 0 Å². The molecule has 0 saturated carbocycles. The SMILES string of the molecule is CC(C)(C)C(=O)Nc1ccc(C(=O)NCCNC(=O)Nc2cccc(F)c2)cc1. The molecule has 29 heavy (non-hydrogen) atoms. The molecule has 8 heteroatoms. The Morgan fingerprint density at radius 3 is 2.14 bits per heavy atom. The van der Waals surface area contributed by atoms with E-state index in [1.165, 1.54) is 18.2 Å². The number of hydrogen-bond acceptors (Lipinski definition) is 3. The molecule has 0 atom stereocenters. The van der Waals surface area contributed by atoms with Gasteiger partial charge in [-0.15, -0.1) is 0 Å². The lowest BCUT2D eigenvalue weighted by molar-refractivity contribution is -0.123. The van der Waals surface area contributed by atoms with Crippen LogP contribution in [0, 0.1) is 11.2 Å². The van der Waals surface area contributed by atoms with Crippen LogP contribution in [0.2, 0.25) is 0 Å². The Morgan fingerprint density at radius 2 is 1.52 bits per heavy atom. The molecule has 7 nitrogen and oxygen atoms in total. The van der Waals surface area contributed by atoms with Crippen LogP contribution in [-0.4, -0.2) is 30.9 Å². The van der Waals surface area contributed by atoms with Crippen LogP contribution < -0.4 is 21.3 Å². The van der Waals surface area contributed by atoms with Gasteiger partial charge in [0.1, 0.15) is 5.82 Å². The highest BCUT2D eigenvalue weighted by Gasteiger charge is 2.21. The van der Waals surface area contributed by atoms with Crippen molar-refractivity contribution in [3.63, 3.8) is 0 Å². The van der Waals surface area contributed by atoms with Crippen LogP contribution in [0.15, 0.2) is 48.5 Å². The van der Waals surface area contributed by atoms with Gasteiger partial charge in [0.25, 0.3) is 5.91 Å². The number of rotatable bonds is 6. The third-order valence-corrected chi connectivity index (χ3v) is 3.86. The predicted octanol–water partition coefficient (Wildman–Crippen LogP) is 3.36. The van der Waals surface area contributed by atoms with Crippen LogP contribution >= 0.6 is 0 Å². The Balaban J connectivity index is 1.73. The van der Waals surface area contributed by atoms with Crippen LogP contribution in [0.25, 0.3) is 0 Å². The lowest BCUT2D eigenvalue weighted by Crippen LogP contribution is -2.36. The van der Waals surface area contributed by atoms with Crippen LogP contribution in [-0.2, 0) is 4.79 Å². The summed E-state index contributed by atoms with van der Waals surface area (Å²) in [5.74, 6) is -0.859. The Bertz CT molecular complexity index is 876. The minimum atomic E-state index is -0.510. The second-order valence-corrected chi connectivity index (χ2v) is 7.43. The molecule has 154 valence electrons. The molecule has 2 aromatic rings. The Labute approximate surface area is 169 Å². The molecule has 4 N–H and O–H groups in total. The van der Waals surface area contributed by atoms with E-state index in [4.69, 9.17) is 0 Å². The standard InChI is InChI=1S/C21H25FN4O3/c1-21(2,3)19(28)25-16-9-7-14(8-10-16)18(27)23-11-12-24-20(29)26-17-6-4-5-15(22)13-17/h4-10,13H,11-12H2,1-3H3,(H,23,27)(H,25,28)(H2,24,26,29). The van der Waals surface area contributed by atoms with Crippen molar-refractivity contribution in [2.24, 2.45) is 5.41 Å². The lowest BCUT2D eigenvalue weighted by atomic mass is 9.95. The molecular formula is C21H25FN4O3. The average molecular weight is 400 g/mol. The quantitative estimate of drug-likeness (QED) is 0.560. The fourth-order valence-corrected chi connectivity index (χ4v) is 2.22. The monoisotopic (exact) mass is 400 g/mol. The van der Waals surface area contributed by atoms with Crippen molar-refractivity contribution in [1.82, 2.24) is 10.6 Å². The van der Waals surface area contributed by atoms with E-state index < -0.39 is 17.3 Å². The number of hydrogen-bond donors (Lipinski definition) is 4. The predicted molar refractivity (Wildman–Crippen MR) is 110 cm³/mol. The number of carbonyl (C=O) groups excluding carboxylic acids is 3. The van der Waals surface area contributed by atoms with Gasteiger partial charge in [0.05, 0.1) is 0 Å². The molecule has 0 aliphatic rings. The zero-order valence-electron chi connectivity index (χ0n) is 16.6. The molecule has 0 unspecified atom stereocenters. The van der Waals surface area contributed by atoms with Crippen molar-refractivity contribution in [2.45, 2.75) is 20.8 Å². The first-order valence-corrected chi connectivity index (χ1v) is 9.15. The first kappa shape index (κ1) is 21.9. The van der Waals surface area contributed by atoms with E-state index >= 15 is 0 Å². The molecule has 0 aliphatic carbocycles. The molecule has 0 bridgehead atoms. The molecule has 2 rings (SSSR count). The molecule has 4 amide bonds. The maximum Gasteiger partial charge on any atom is 0.319 e. The number of anilines is 2. The van der Waals surface area contributed by atoms with E-state index in [9.17, 15) is 18.8 Å². The highest BCUT2D eigenvalue weighted by molar-refractivity contribution is 5.97. The average Bonchev–Trinajstić information content (AvgIpc) is 2.65. The summed E-state index contributed by atoms with van der Waals surface area (Å²) in [7, 11) is 0. The summed E-state index contributed by atoms with van der Waals surface area (Å²) in [4.78, 5) is 35.9. The zero-order chi connectivity index (χ0) is 21.4. The summed E-state index contributed by atoms with van der Waals surface area (Å²) in [6.07, 6.45) is 0. The van der Waals surface area contributed by atoms with Crippen LogP contribution in [0.5, 0.6) is 0 Å². The van der Waals surface area contributed by atoms with Crippen molar-refractivity contribution in [3.05, 3.63) is 59.9 Å². The normalized spacial score (nSPS) is 10.8. The lowest BCUT2D eigenvalue weighted by Gasteiger charge is -2.17. The fourth-order valence-electron chi connectivity index (χ4n) is 2.22. The molecule has 0 saturated heterocycles.